The molecular formula is C12H13BrOS. The van der Waals surface area contributed by atoms with E-state index in [0.717, 1.165) is 5.76 Å². The Hall–Kier alpha value is -0.540. The molecule has 0 radical (unpaired) electrons. The smallest absolute Gasteiger partial charge is 0.124 e. The molecule has 0 bridgehead atoms. The summed E-state index contributed by atoms with van der Waals surface area (Å²) in [4.78, 5) is 2.87. The van der Waals surface area contributed by atoms with E-state index in [4.69, 9.17) is 4.42 Å². The van der Waals surface area contributed by atoms with Crippen molar-refractivity contribution in [1.82, 2.24) is 0 Å². The van der Waals surface area contributed by atoms with Gasteiger partial charge in [-0.25, -0.2) is 0 Å². The molecule has 1 atom stereocenters. The SMILES string of the molecule is Cc1cc(C(Br)c2occc2C)c(C)s1. The molecule has 0 spiro atoms. The Kier molecular flexibility index (Phi) is 3.03. The lowest BCUT2D eigenvalue weighted by Crippen LogP contribution is -1.92. The topological polar surface area (TPSA) is 13.1 Å². The Morgan fingerprint density at radius 1 is 1.33 bits per heavy atom. The van der Waals surface area contributed by atoms with Gasteiger partial charge in [0.25, 0.3) is 0 Å². The largest absolute Gasteiger partial charge is 0.468 e. The second-order valence-corrected chi connectivity index (χ2v) is 6.08. The average Bonchev–Trinajstić information content (AvgIpc) is 2.71. The van der Waals surface area contributed by atoms with Crippen molar-refractivity contribution in [2.75, 3.05) is 0 Å². The quantitative estimate of drug-likeness (QED) is 0.726. The summed E-state index contributed by atoms with van der Waals surface area (Å²) < 4.78 is 5.50. The van der Waals surface area contributed by atoms with E-state index >= 15 is 0 Å². The maximum Gasteiger partial charge on any atom is 0.124 e. The van der Waals surface area contributed by atoms with Gasteiger partial charge in [-0.05, 0) is 44.0 Å². The minimum atomic E-state index is 0.178. The summed E-state index contributed by atoms with van der Waals surface area (Å²) in [5.74, 6) is 1.01. The Bertz CT molecular complexity index is 470. The van der Waals surface area contributed by atoms with Crippen molar-refractivity contribution >= 4 is 27.3 Å². The van der Waals surface area contributed by atoms with Crippen molar-refractivity contribution < 1.29 is 4.42 Å². The van der Waals surface area contributed by atoms with E-state index in [9.17, 15) is 0 Å². The van der Waals surface area contributed by atoms with Crippen LogP contribution in [0.1, 0.15) is 31.5 Å². The summed E-state index contributed by atoms with van der Waals surface area (Å²) in [5.41, 5.74) is 2.51. The van der Waals surface area contributed by atoms with Crippen molar-refractivity contribution in [3.8, 4) is 0 Å². The third-order valence-corrected chi connectivity index (χ3v) is 4.38. The molecule has 15 heavy (non-hydrogen) atoms. The Morgan fingerprint density at radius 3 is 2.53 bits per heavy atom. The van der Waals surface area contributed by atoms with Crippen LogP contribution in [0, 0.1) is 20.8 Å². The number of alkyl halides is 1. The maximum atomic E-state index is 5.50. The Morgan fingerprint density at radius 2 is 2.07 bits per heavy atom. The minimum absolute atomic E-state index is 0.178. The Balaban J connectivity index is 2.40. The first-order valence-electron chi connectivity index (χ1n) is 4.84. The second-order valence-electron chi connectivity index (χ2n) is 3.70. The third-order valence-electron chi connectivity index (χ3n) is 2.48. The lowest BCUT2D eigenvalue weighted by molar-refractivity contribution is 0.517. The van der Waals surface area contributed by atoms with Gasteiger partial charge < -0.3 is 4.42 Å². The summed E-state index contributed by atoms with van der Waals surface area (Å²) in [6.45, 7) is 6.36. The van der Waals surface area contributed by atoms with E-state index in [1.807, 2.05) is 17.4 Å². The highest BCUT2D eigenvalue weighted by molar-refractivity contribution is 9.09. The van der Waals surface area contributed by atoms with Crippen LogP contribution in [0.25, 0.3) is 0 Å². The highest BCUT2D eigenvalue weighted by atomic mass is 79.9. The summed E-state index contributed by atoms with van der Waals surface area (Å²) in [6.07, 6.45) is 1.74. The van der Waals surface area contributed by atoms with Crippen molar-refractivity contribution in [2.45, 2.75) is 25.6 Å². The number of furan rings is 1. The highest BCUT2D eigenvalue weighted by Gasteiger charge is 2.19. The number of hydrogen-bond acceptors (Lipinski definition) is 2. The van der Waals surface area contributed by atoms with E-state index in [1.54, 1.807) is 6.26 Å². The van der Waals surface area contributed by atoms with Crippen LogP contribution in [0.3, 0.4) is 0 Å². The van der Waals surface area contributed by atoms with E-state index in [-0.39, 0.29) is 4.83 Å². The van der Waals surface area contributed by atoms with Crippen LogP contribution in [0.2, 0.25) is 0 Å². The van der Waals surface area contributed by atoms with Gasteiger partial charge in [-0.2, -0.15) is 0 Å². The van der Waals surface area contributed by atoms with Crippen molar-refractivity contribution in [1.29, 1.82) is 0 Å². The molecule has 0 fully saturated rings. The summed E-state index contributed by atoms with van der Waals surface area (Å²) >= 11 is 5.53. The van der Waals surface area contributed by atoms with Crippen LogP contribution < -0.4 is 0 Å². The van der Waals surface area contributed by atoms with Gasteiger partial charge in [0.15, 0.2) is 0 Å². The van der Waals surface area contributed by atoms with E-state index in [0.29, 0.717) is 0 Å². The van der Waals surface area contributed by atoms with Crippen LogP contribution in [0.4, 0.5) is 0 Å². The summed E-state index contributed by atoms with van der Waals surface area (Å²) in [5, 5.41) is 0. The molecule has 1 nitrogen and oxygen atoms in total. The second kappa shape index (κ2) is 4.14. The fourth-order valence-electron chi connectivity index (χ4n) is 1.69. The number of rotatable bonds is 2. The first-order chi connectivity index (χ1) is 7.09. The third kappa shape index (κ3) is 2.04. The number of thiophene rings is 1. The molecule has 0 saturated heterocycles. The van der Waals surface area contributed by atoms with E-state index in [2.05, 4.69) is 42.8 Å². The standard InChI is InChI=1S/C12H13BrOS/c1-7-4-5-14-12(7)11(13)10-6-8(2)15-9(10)3/h4-6,11H,1-3H3. The zero-order valence-electron chi connectivity index (χ0n) is 9.00. The predicted molar refractivity (Wildman–Crippen MR) is 68.0 cm³/mol. The molecule has 0 aliphatic rings. The van der Waals surface area contributed by atoms with Crippen molar-refractivity contribution in [3.63, 3.8) is 0 Å². The van der Waals surface area contributed by atoms with Crippen LogP contribution in [0.5, 0.6) is 0 Å². The summed E-state index contributed by atoms with van der Waals surface area (Å²) in [7, 11) is 0. The van der Waals surface area contributed by atoms with Crippen LogP contribution in [0.15, 0.2) is 22.8 Å². The number of aryl methyl sites for hydroxylation is 3. The molecule has 2 heterocycles. The fourth-order valence-corrected chi connectivity index (χ4v) is 3.75. The normalized spacial score (nSPS) is 13.1. The first-order valence-corrected chi connectivity index (χ1v) is 6.58. The molecule has 1 unspecified atom stereocenters. The van der Waals surface area contributed by atoms with Crippen molar-refractivity contribution in [3.05, 3.63) is 45.0 Å². The highest BCUT2D eigenvalue weighted by Crippen LogP contribution is 2.38. The van der Waals surface area contributed by atoms with Gasteiger partial charge in [0.05, 0.1) is 11.1 Å². The molecule has 0 amide bonds. The molecule has 0 N–H and O–H groups in total. The van der Waals surface area contributed by atoms with Crippen LogP contribution in [-0.4, -0.2) is 0 Å². The van der Waals surface area contributed by atoms with Gasteiger partial charge in [-0.1, -0.05) is 15.9 Å². The van der Waals surface area contributed by atoms with E-state index in [1.165, 1.54) is 20.9 Å². The average molecular weight is 285 g/mol. The first kappa shape index (κ1) is 11.0. The minimum Gasteiger partial charge on any atom is -0.468 e. The lowest BCUT2D eigenvalue weighted by Gasteiger charge is -2.07. The zero-order chi connectivity index (χ0) is 11.0. The van der Waals surface area contributed by atoms with Gasteiger partial charge in [0, 0.05) is 9.75 Å². The van der Waals surface area contributed by atoms with Gasteiger partial charge in [0.1, 0.15) is 5.76 Å². The van der Waals surface area contributed by atoms with Gasteiger partial charge in [0.2, 0.25) is 0 Å². The predicted octanol–water partition coefficient (Wildman–Crippen LogP) is 4.75. The molecule has 2 rings (SSSR count). The molecule has 0 aliphatic heterocycles. The molecule has 3 heteroatoms. The number of halogens is 1. The number of hydrogen-bond donors (Lipinski definition) is 0. The fraction of sp³-hybridized carbons (Fsp3) is 0.333. The van der Waals surface area contributed by atoms with Crippen LogP contribution in [-0.2, 0) is 0 Å². The molecule has 80 valence electrons. The van der Waals surface area contributed by atoms with Gasteiger partial charge in [-0.3, -0.25) is 0 Å². The summed E-state index contributed by atoms with van der Waals surface area (Å²) in [6, 6.07) is 4.22. The molecule has 2 aromatic heterocycles. The molecule has 0 aliphatic carbocycles. The van der Waals surface area contributed by atoms with Crippen LogP contribution >= 0.6 is 27.3 Å². The zero-order valence-corrected chi connectivity index (χ0v) is 11.4. The van der Waals surface area contributed by atoms with E-state index < -0.39 is 0 Å². The molecular weight excluding hydrogens is 272 g/mol. The van der Waals surface area contributed by atoms with Crippen molar-refractivity contribution in [2.24, 2.45) is 0 Å². The van der Waals surface area contributed by atoms with Gasteiger partial charge in [-0.15, -0.1) is 11.3 Å². The molecule has 2 aromatic rings. The lowest BCUT2D eigenvalue weighted by atomic mass is 10.1. The molecule has 0 aromatic carbocycles. The monoisotopic (exact) mass is 284 g/mol. The molecule has 0 saturated carbocycles. The Labute approximate surface area is 102 Å². The van der Waals surface area contributed by atoms with Gasteiger partial charge >= 0.3 is 0 Å². The maximum absolute atomic E-state index is 5.50.